The smallest absolute Gasteiger partial charge is 0.289 e. The van der Waals surface area contributed by atoms with Crippen LogP contribution >= 0.6 is 0 Å². The zero-order valence-electron chi connectivity index (χ0n) is 15.7. The number of aromatic amines is 1. The Morgan fingerprint density at radius 1 is 1.25 bits per heavy atom. The van der Waals surface area contributed by atoms with Gasteiger partial charge in [0.15, 0.2) is 5.76 Å². The van der Waals surface area contributed by atoms with Gasteiger partial charge in [0.1, 0.15) is 5.82 Å². The Labute approximate surface area is 163 Å². The highest BCUT2D eigenvalue weighted by molar-refractivity contribution is 5.92. The number of rotatable bonds is 6. The molecule has 3 aromatic rings. The second-order valence-corrected chi connectivity index (χ2v) is 7.16. The number of furan rings is 1. The Bertz CT molecular complexity index is 915. The van der Waals surface area contributed by atoms with Crippen molar-refractivity contribution in [2.24, 2.45) is 5.92 Å². The molecule has 28 heavy (non-hydrogen) atoms. The summed E-state index contributed by atoms with van der Waals surface area (Å²) >= 11 is 0. The van der Waals surface area contributed by atoms with Crippen molar-refractivity contribution >= 4 is 22.8 Å². The topological polar surface area (TPSA) is 91.2 Å². The Hall–Kier alpha value is -3.09. The Morgan fingerprint density at radius 2 is 2.14 bits per heavy atom. The van der Waals surface area contributed by atoms with Gasteiger partial charge in [-0.1, -0.05) is 12.1 Å². The molecule has 146 valence electrons. The van der Waals surface area contributed by atoms with Crippen LogP contribution in [0.15, 0.2) is 47.1 Å². The van der Waals surface area contributed by atoms with Crippen LogP contribution in [0.2, 0.25) is 0 Å². The molecular formula is C21H24N4O3. The first-order valence-electron chi connectivity index (χ1n) is 9.75. The molecule has 0 aliphatic carbocycles. The van der Waals surface area contributed by atoms with Gasteiger partial charge < -0.3 is 19.6 Å². The van der Waals surface area contributed by atoms with E-state index >= 15 is 0 Å². The van der Waals surface area contributed by atoms with Gasteiger partial charge in [-0.2, -0.15) is 0 Å². The highest BCUT2D eigenvalue weighted by Crippen LogP contribution is 2.19. The number of benzene rings is 1. The molecule has 2 amide bonds. The lowest BCUT2D eigenvalue weighted by Crippen LogP contribution is -2.45. The number of hydrogen-bond acceptors (Lipinski definition) is 4. The maximum absolute atomic E-state index is 12.5. The molecule has 7 nitrogen and oxygen atoms in total. The van der Waals surface area contributed by atoms with Crippen molar-refractivity contribution in [1.82, 2.24) is 20.2 Å². The summed E-state index contributed by atoms with van der Waals surface area (Å²) < 4.78 is 5.19. The van der Waals surface area contributed by atoms with Gasteiger partial charge in [-0.3, -0.25) is 9.59 Å². The maximum atomic E-state index is 12.5. The molecule has 0 bridgehead atoms. The normalized spacial score (nSPS) is 17.0. The van der Waals surface area contributed by atoms with E-state index in [-0.39, 0.29) is 17.7 Å². The van der Waals surface area contributed by atoms with E-state index in [9.17, 15) is 9.59 Å². The predicted molar refractivity (Wildman–Crippen MR) is 105 cm³/mol. The van der Waals surface area contributed by atoms with Crippen molar-refractivity contribution in [3.05, 3.63) is 54.2 Å². The minimum absolute atomic E-state index is 0.0153. The molecule has 1 saturated heterocycles. The number of amides is 2. The number of hydrogen-bond donors (Lipinski definition) is 2. The molecule has 2 aromatic heterocycles. The van der Waals surface area contributed by atoms with E-state index in [0.717, 1.165) is 42.5 Å². The van der Waals surface area contributed by atoms with E-state index in [2.05, 4.69) is 15.3 Å². The average molecular weight is 380 g/mol. The lowest BCUT2D eigenvalue weighted by atomic mass is 9.97. The first-order valence-corrected chi connectivity index (χ1v) is 9.75. The van der Waals surface area contributed by atoms with Crippen LogP contribution in [-0.2, 0) is 11.2 Å². The molecule has 1 fully saturated rings. The average Bonchev–Trinajstić information content (AvgIpc) is 3.40. The minimum Gasteiger partial charge on any atom is -0.459 e. The molecule has 3 heterocycles. The lowest BCUT2D eigenvalue weighted by Gasteiger charge is -2.31. The molecule has 1 aromatic carbocycles. The van der Waals surface area contributed by atoms with E-state index < -0.39 is 0 Å². The molecule has 1 aliphatic heterocycles. The van der Waals surface area contributed by atoms with Gasteiger partial charge >= 0.3 is 0 Å². The fraction of sp³-hybridized carbons (Fsp3) is 0.381. The molecule has 2 N–H and O–H groups in total. The monoisotopic (exact) mass is 380 g/mol. The van der Waals surface area contributed by atoms with Crippen molar-refractivity contribution in [1.29, 1.82) is 0 Å². The van der Waals surface area contributed by atoms with E-state index in [1.54, 1.807) is 17.0 Å². The number of aryl methyl sites for hydroxylation is 1. The van der Waals surface area contributed by atoms with Crippen molar-refractivity contribution < 1.29 is 14.0 Å². The molecule has 0 radical (unpaired) electrons. The number of nitrogens with one attached hydrogen (secondary N) is 2. The van der Waals surface area contributed by atoms with Gasteiger partial charge in [-0.15, -0.1) is 0 Å². The van der Waals surface area contributed by atoms with Crippen LogP contribution in [-0.4, -0.2) is 46.3 Å². The van der Waals surface area contributed by atoms with Crippen LogP contribution < -0.4 is 5.32 Å². The molecule has 0 saturated carbocycles. The van der Waals surface area contributed by atoms with Crippen molar-refractivity contribution in [2.75, 3.05) is 19.6 Å². The van der Waals surface area contributed by atoms with Gasteiger partial charge in [-0.05, 0) is 43.5 Å². The minimum atomic E-state index is -0.168. The summed E-state index contributed by atoms with van der Waals surface area (Å²) in [4.78, 5) is 34.5. The summed E-state index contributed by atoms with van der Waals surface area (Å²) in [6.45, 7) is 1.70. The van der Waals surface area contributed by atoms with Crippen LogP contribution in [0, 0.1) is 5.92 Å². The van der Waals surface area contributed by atoms with Crippen molar-refractivity contribution in [3.63, 3.8) is 0 Å². The number of nitrogens with zero attached hydrogens (tertiary/aromatic N) is 2. The quantitative estimate of drug-likeness (QED) is 0.643. The van der Waals surface area contributed by atoms with Crippen LogP contribution in [0.1, 0.15) is 35.6 Å². The number of aromatic nitrogens is 2. The van der Waals surface area contributed by atoms with Crippen molar-refractivity contribution in [3.8, 4) is 0 Å². The summed E-state index contributed by atoms with van der Waals surface area (Å²) in [6, 6.07) is 11.3. The summed E-state index contributed by atoms with van der Waals surface area (Å²) in [6.07, 6.45) is 4.71. The number of likely N-dealkylation sites (tertiary alicyclic amines) is 1. The number of imidazole rings is 1. The third-order valence-electron chi connectivity index (χ3n) is 5.14. The zero-order chi connectivity index (χ0) is 19.3. The zero-order valence-corrected chi connectivity index (χ0v) is 15.7. The van der Waals surface area contributed by atoms with Crippen molar-refractivity contribution in [2.45, 2.75) is 25.7 Å². The van der Waals surface area contributed by atoms with E-state index in [1.165, 1.54) is 6.26 Å². The number of piperidine rings is 1. The summed E-state index contributed by atoms with van der Waals surface area (Å²) in [7, 11) is 0. The highest BCUT2D eigenvalue weighted by Gasteiger charge is 2.29. The molecule has 0 spiro atoms. The van der Waals surface area contributed by atoms with Crippen LogP contribution in [0.3, 0.4) is 0 Å². The van der Waals surface area contributed by atoms with Gasteiger partial charge in [0.05, 0.1) is 23.2 Å². The van der Waals surface area contributed by atoms with Crippen LogP contribution in [0.5, 0.6) is 0 Å². The van der Waals surface area contributed by atoms with Gasteiger partial charge in [0.25, 0.3) is 5.91 Å². The Kier molecular flexibility index (Phi) is 5.41. The molecule has 0 unspecified atom stereocenters. The van der Waals surface area contributed by atoms with Gasteiger partial charge in [0, 0.05) is 26.1 Å². The first-order chi connectivity index (χ1) is 13.7. The van der Waals surface area contributed by atoms with E-state index in [1.807, 2.05) is 24.3 Å². The number of carbonyl (C=O) groups is 2. The van der Waals surface area contributed by atoms with E-state index in [4.69, 9.17) is 4.42 Å². The summed E-state index contributed by atoms with van der Waals surface area (Å²) in [5.41, 5.74) is 2.00. The second-order valence-electron chi connectivity index (χ2n) is 7.16. The molecule has 4 rings (SSSR count). The molecular weight excluding hydrogens is 356 g/mol. The largest absolute Gasteiger partial charge is 0.459 e. The molecule has 1 atom stereocenters. The van der Waals surface area contributed by atoms with E-state index in [0.29, 0.717) is 25.4 Å². The summed E-state index contributed by atoms with van der Waals surface area (Å²) in [5.74, 6) is 0.961. The Balaban J connectivity index is 1.23. The standard InChI is InChI=1S/C21H24N4O3/c26-20(15-6-4-12-25(14-15)21(27)18-9-5-13-28-18)22-11-3-10-19-23-16-7-1-2-8-17(16)24-19/h1-2,5,7-9,13,15H,3-4,6,10-12,14H2,(H,22,26)(H,23,24)/t15-/m1/s1. The van der Waals surface area contributed by atoms with Gasteiger partial charge in [0.2, 0.25) is 5.91 Å². The van der Waals surface area contributed by atoms with Crippen LogP contribution in [0.4, 0.5) is 0 Å². The fourth-order valence-corrected chi connectivity index (χ4v) is 3.67. The number of H-pyrrole nitrogens is 1. The number of carbonyl (C=O) groups excluding carboxylic acids is 2. The summed E-state index contributed by atoms with van der Waals surface area (Å²) in [5, 5.41) is 3.01. The molecule has 7 heteroatoms. The van der Waals surface area contributed by atoms with Crippen LogP contribution in [0.25, 0.3) is 11.0 Å². The second kappa shape index (κ2) is 8.29. The highest BCUT2D eigenvalue weighted by atomic mass is 16.3. The number of fused-ring (bicyclic) bond motifs is 1. The predicted octanol–water partition coefficient (Wildman–Crippen LogP) is 2.76. The lowest BCUT2D eigenvalue weighted by molar-refractivity contribution is -0.126. The Morgan fingerprint density at radius 3 is 2.96 bits per heavy atom. The third-order valence-corrected chi connectivity index (χ3v) is 5.14. The number of para-hydroxylation sites is 2. The molecule has 1 aliphatic rings. The fourth-order valence-electron chi connectivity index (χ4n) is 3.67. The third kappa shape index (κ3) is 4.08. The first kappa shape index (κ1) is 18.3. The van der Waals surface area contributed by atoms with Gasteiger partial charge in [-0.25, -0.2) is 4.98 Å². The SMILES string of the molecule is O=C(NCCCc1nc2ccccc2[nH]1)[C@@H]1CCCN(C(=O)c2ccco2)C1. The maximum Gasteiger partial charge on any atom is 0.289 e.